The first-order valence-electron chi connectivity index (χ1n) is 8.73. The molecule has 1 heterocycles. The molecule has 0 amide bonds. The van der Waals surface area contributed by atoms with Crippen molar-refractivity contribution in [3.05, 3.63) is 29.3 Å². The molecule has 0 bridgehead atoms. The molecule has 1 unspecified atom stereocenters. The van der Waals surface area contributed by atoms with Crippen molar-refractivity contribution >= 4 is 0 Å². The second-order valence-corrected chi connectivity index (χ2v) is 6.61. The summed E-state index contributed by atoms with van der Waals surface area (Å²) in [5.74, 6) is 0.873. The summed E-state index contributed by atoms with van der Waals surface area (Å²) in [6.07, 6.45) is 3.10. The van der Waals surface area contributed by atoms with Gasteiger partial charge in [0.15, 0.2) is 0 Å². The lowest BCUT2D eigenvalue weighted by Crippen LogP contribution is -2.49. The molecule has 1 aliphatic carbocycles. The third kappa shape index (κ3) is 4.67. The average molecular weight is 320 g/mol. The van der Waals surface area contributed by atoms with Gasteiger partial charge in [-0.05, 0) is 42.5 Å². The Morgan fingerprint density at radius 1 is 1.04 bits per heavy atom. The van der Waals surface area contributed by atoms with Gasteiger partial charge in [0.2, 0.25) is 0 Å². The predicted molar refractivity (Wildman–Crippen MR) is 89.9 cm³/mol. The number of aryl methyl sites for hydroxylation is 2. The third-order valence-electron chi connectivity index (χ3n) is 4.86. The van der Waals surface area contributed by atoms with Crippen molar-refractivity contribution < 1.29 is 14.9 Å². The number of benzene rings is 1. The zero-order valence-corrected chi connectivity index (χ0v) is 13.8. The molecule has 128 valence electrons. The topological polar surface area (TPSA) is 56.2 Å². The van der Waals surface area contributed by atoms with Gasteiger partial charge in [0.05, 0.1) is 6.61 Å². The van der Waals surface area contributed by atoms with Gasteiger partial charge in [0, 0.05) is 39.3 Å². The molecular weight excluding hydrogens is 292 g/mol. The Morgan fingerprint density at radius 2 is 1.78 bits per heavy atom. The number of hydrogen-bond acceptors (Lipinski definition) is 5. The van der Waals surface area contributed by atoms with Crippen LogP contribution in [0.5, 0.6) is 5.75 Å². The highest BCUT2D eigenvalue weighted by molar-refractivity contribution is 5.38. The van der Waals surface area contributed by atoms with Gasteiger partial charge in [-0.1, -0.05) is 6.07 Å². The maximum Gasteiger partial charge on any atom is 0.119 e. The van der Waals surface area contributed by atoms with Crippen molar-refractivity contribution in [1.82, 2.24) is 9.80 Å². The lowest BCUT2D eigenvalue weighted by molar-refractivity contribution is 0.0428. The van der Waals surface area contributed by atoms with Crippen molar-refractivity contribution in [1.29, 1.82) is 0 Å². The summed E-state index contributed by atoms with van der Waals surface area (Å²) >= 11 is 0. The van der Waals surface area contributed by atoms with Crippen LogP contribution >= 0.6 is 0 Å². The Bertz CT molecular complexity index is 501. The molecule has 0 radical (unpaired) electrons. The highest BCUT2D eigenvalue weighted by Gasteiger charge is 2.19. The van der Waals surface area contributed by atoms with Gasteiger partial charge in [0.25, 0.3) is 0 Å². The number of piperazine rings is 1. The van der Waals surface area contributed by atoms with Crippen molar-refractivity contribution in [3.63, 3.8) is 0 Å². The van der Waals surface area contributed by atoms with E-state index in [1.165, 1.54) is 24.0 Å². The monoisotopic (exact) mass is 320 g/mol. The second kappa shape index (κ2) is 8.11. The summed E-state index contributed by atoms with van der Waals surface area (Å²) in [6, 6.07) is 6.30. The zero-order chi connectivity index (χ0) is 16.1. The fraction of sp³-hybridized carbons (Fsp3) is 0.667. The van der Waals surface area contributed by atoms with E-state index in [4.69, 9.17) is 9.84 Å². The quantitative estimate of drug-likeness (QED) is 0.767. The van der Waals surface area contributed by atoms with Crippen molar-refractivity contribution in [2.24, 2.45) is 0 Å². The SMILES string of the molecule is OCCN1CCN(CC(O)COc2ccc3c(c2)CCC3)CC1. The maximum atomic E-state index is 10.2. The number of rotatable bonds is 7. The van der Waals surface area contributed by atoms with E-state index in [0.29, 0.717) is 13.2 Å². The number of aliphatic hydroxyl groups excluding tert-OH is 2. The van der Waals surface area contributed by atoms with Gasteiger partial charge in [-0.25, -0.2) is 0 Å². The fourth-order valence-corrected chi connectivity index (χ4v) is 3.52. The van der Waals surface area contributed by atoms with Crippen LogP contribution in [0.1, 0.15) is 17.5 Å². The average Bonchev–Trinajstić information content (AvgIpc) is 3.03. The Balaban J connectivity index is 1.39. The number of ether oxygens (including phenoxy) is 1. The van der Waals surface area contributed by atoms with Gasteiger partial charge in [-0.2, -0.15) is 0 Å². The Morgan fingerprint density at radius 3 is 2.57 bits per heavy atom. The van der Waals surface area contributed by atoms with Gasteiger partial charge >= 0.3 is 0 Å². The van der Waals surface area contributed by atoms with Crippen molar-refractivity contribution in [3.8, 4) is 5.75 Å². The van der Waals surface area contributed by atoms with Gasteiger partial charge < -0.3 is 14.9 Å². The standard InChI is InChI=1S/C18H28N2O3/c21-11-10-19-6-8-20(9-7-19)13-17(22)14-23-18-5-4-15-2-1-3-16(15)12-18/h4-5,12,17,21-22H,1-3,6-11,13-14H2. The van der Waals surface area contributed by atoms with Gasteiger partial charge in [-0.3, -0.25) is 9.80 Å². The molecule has 1 aliphatic heterocycles. The number of aliphatic hydroxyl groups is 2. The number of nitrogens with zero attached hydrogens (tertiary/aromatic N) is 2. The van der Waals surface area contributed by atoms with Crippen LogP contribution in [0.25, 0.3) is 0 Å². The van der Waals surface area contributed by atoms with Gasteiger partial charge in [0.1, 0.15) is 18.5 Å². The smallest absolute Gasteiger partial charge is 0.119 e. The van der Waals surface area contributed by atoms with E-state index in [9.17, 15) is 5.11 Å². The molecule has 1 aromatic rings. The normalized spacial score (nSPS) is 20.4. The lowest BCUT2D eigenvalue weighted by Gasteiger charge is -2.35. The minimum Gasteiger partial charge on any atom is -0.491 e. The summed E-state index contributed by atoms with van der Waals surface area (Å²) in [5, 5.41) is 19.2. The van der Waals surface area contributed by atoms with E-state index in [1.807, 2.05) is 6.07 Å². The molecule has 1 fully saturated rings. The van der Waals surface area contributed by atoms with Crippen LogP contribution in [0.3, 0.4) is 0 Å². The van der Waals surface area contributed by atoms with Crippen molar-refractivity contribution in [2.45, 2.75) is 25.4 Å². The summed E-state index contributed by atoms with van der Waals surface area (Å²) in [4.78, 5) is 4.52. The molecule has 5 heteroatoms. The largest absolute Gasteiger partial charge is 0.491 e. The summed E-state index contributed by atoms with van der Waals surface area (Å²) in [5.41, 5.74) is 2.84. The van der Waals surface area contributed by atoms with E-state index in [2.05, 4.69) is 21.9 Å². The number of hydrogen-bond donors (Lipinski definition) is 2. The minimum atomic E-state index is -0.465. The van der Waals surface area contributed by atoms with Crippen LogP contribution in [0.2, 0.25) is 0 Å². The molecule has 0 aromatic heterocycles. The Hall–Kier alpha value is -1.14. The molecule has 1 atom stereocenters. The molecule has 1 saturated heterocycles. The van der Waals surface area contributed by atoms with Crippen LogP contribution in [0.15, 0.2) is 18.2 Å². The molecule has 3 rings (SSSR count). The second-order valence-electron chi connectivity index (χ2n) is 6.61. The first-order valence-corrected chi connectivity index (χ1v) is 8.73. The molecule has 1 aromatic carbocycles. The number of fused-ring (bicyclic) bond motifs is 1. The molecule has 2 N–H and O–H groups in total. The molecule has 0 saturated carbocycles. The van der Waals surface area contributed by atoms with E-state index >= 15 is 0 Å². The van der Waals surface area contributed by atoms with Crippen LogP contribution in [-0.2, 0) is 12.8 Å². The van der Waals surface area contributed by atoms with E-state index in [-0.39, 0.29) is 6.61 Å². The Kier molecular flexibility index (Phi) is 5.89. The summed E-state index contributed by atoms with van der Waals surface area (Å²) in [7, 11) is 0. The summed E-state index contributed by atoms with van der Waals surface area (Å²) in [6.45, 7) is 5.76. The van der Waals surface area contributed by atoms with Crippen molar-refractivity contribution in [2.75, 3.05) is 52.5 Å². The molecule has 5 nitrogen and oxygen atoms in total. The first-order chi connectivity index (χ1) is 11.2. The molecular formula is C18H28N2O3. The molecule has 23 heavy (non-hydrogen) atoms. The fourth-order valence-electron chi connectivity index (χ4n) is 3.52. The van der Waals surface area contributed by atoms with Crippen LogP contribution in [0.4, 0.5) is 0 Å². The van der Waals surface area contributed by atoms with E-state index in [1.54, 1.807) is 0 Å². The lowest BCUT2D eigenvalue weighted by atomic mass is 10.1. The first kappa shape index (κ1) is 16.7. The number of β-amino-alcohol motifs (C(OH)–C–C–N with tert-alkyl or cyclic N) is 2. The Labute approximate surface area is 138 Å². The van der Waals surface area contributed by atoms with Crippen LogP contribution in [0, 0.1) is 0 Å². The molecule has 2 aliphatic rings. The maximum absolute atomic E-state index is 10.2. The predicted octanol–water partition coefficient (Wildman–Crippen LogP) is 0.525. The highest BCUT2D eigenvalue weighted by Crippen LogP contribution is 2.26. The minimum absolute atomic E-state index is 0.219. The highest BCUT2D eigenvalue weighted by atomic mass is 16.5. The van der Waals surface area contributed by atoms with Crippen LogP contribution < -0.4 is 4.74 Å². The third-order valence-corrected chi connectivity index (χ3v) is 4.86. The van der Waals surface area contributed by atoms with E-state index < -0.39 is 6.10 Å². The summed E-state index contributed by atoms with van der Waals surface area (Å²) < 4.78 is 5.77. The van der Waals surface area contributed by atoms with E-state index in [0.717, 1.165) is 44.9 Å². The molecule has 0 spiro atoms. The van der Waals surface area contributed by atoms with Crippen LogP contribution in [-0.4, -0.2) is 78.6 Å². The van der Waals surface area contributed by atoms with Gasteiger partial charge in [-0.15, -0.1) is 0 Å². The zero-order valence-electron chi connectivity index (χ0n) is 13.8.